The first kappa shape index (κ1) is 30.1. The van der Waals surface area contributed by atoms with Gasteiger partial charge in [-0.25, -0.2) is 0 Å². The summed E-state index contributed by atoms with van der Waals surface area (Å²) in [6, 6.07) is 6.42. The van der Waals surface area contributed by atoms with Gasteiger partial charge in [0.25, 0.3) is 0 Å². The van der Waals surface area contributed by atoms with E-state index in [1.54, 1.807) is 0 Å². The van der Waals surface area contributed by atoms with Crippen LogP contribution in [0.2, 0.25) is 0 Å². The van der Waals surface area contributed by atoms with Gasteiger partial charge in [-0.1, -0.05) is 123 Å². The molecule has 0 radical (unpaired) electrons. The second-order valence-electron chi connectivity index (χ2n) is 10.3. The first-order chi connectivity index (χ1) is 16.0. The quantitative estimate of drug-likeness (QED) is 0.190. The van der Waals surface area contributed by atoms with Gasteiger partial charge in [0.1, 0.15) is 0 Å². The van der Waals surface area contributed by atoms with Crippen LogP contribution < -0.4 is 5.32 Å². The van der Waals surface area contributed by atoms with Crippen LogP contribution in [0.3, 0.4) is 0 Å². The van der Waals surface area contributed by atoms with Crippen LogP contribution >= 0.6 is 11.8 Å². The first-order valence-corrected chi connectivity index (χ1v) is 15.1. The maximum atomic E-state index is 12.6. The molecule has 3 heteroatoms. The summed E-state index contributed by atoms with van der Waals surface area (Å²) >= 11 is 2.02. The zero-order chi connectivity index (χ0) is 24.3. The van der Waals surface area contributed by atoms with Crippen molar-refractivity contribution in [3.8, 4) is 0 Å². The Kier molecular flexibility index (Phi) is 17.6. The minimum absolute atomic E-state index is 0.163. The van der Waals surface area contributed by atoms with E-state index >= 15 is 0 Å². The van der Waals surface area contributed by atoms with Gasteiger partial charge in [-0.2, -0.15) is 11.8 Å². The fourth-order valence-corrected chi connectivity index (χ4v) is 5.34. The highest BCUT2D eigenvalue weighted by molar-refractivity contribution is 7.99. The maximum Gasteiger partial charge on any atom is 0.224 e. The van der Waals surface area contributed by atoms with Gasteiger partial charge >= 0.3 is 0 Å². The molecule has 33 heavy (non-hydrogen) atoms. The number of unbranched alkanes of at least 4 members (excludes halogenated alkanes) is 11. The van der Waals surface area contributed by atoms with Crippen LogP contribution in [0.25, 0.3) is 0 Å². The Bertz CT molecular complexity index is 599. The van der Waals surface area contributed by atoms with Crippen molar-refractivity contribution in [3.05, 3.63) is 29.3 Å². The highest BCUT2D eigenvalue weighted by Crippen LogP contribution is 2.32. The molecule has 2 nitrogen and oxygen atoms in total. The van der Waals surface area contributed by atoms with E-state index < -0.39 is 0 Å². The fraction of sp³-hybridized carbons (Fsp3) is 0.767. The van der Waals surface area contributed by atoms with Crippen molar-refractivity contribution >= 4 is 23.4 Å². The van der Waals surface area contributed by atoms with Crippen molar-refractivity contribution in [2.45, 2.75) is 136 Å². The number of anilines is 1. The number of rotatable bonds is 20. The first-order valence-electron chi connectivity index (χ1n) is 14.0. The Balaban J connectivity index is 2.06. The second kappa shape index (κ2) is 19.4. The molecule has 0 aliphatic heterocycles. The average molecular weight is 476 g/mol. The number of benzene rings is 1. The van der Waals surface area contributed by atoms with E-state index in [0.29, 0.717) is 18.3 Å². The summed E-state index contributed by atoms with van der Waals surface area (Å²) in [5.74, 6) is 3.31. The molecule has 1 amide bonds. The lowest BCUT2D eigenvalue weighted by atomic mass is 9.92. The number of hydrogen-bond donors (Lipinski definition) is 1. The highest BCUT2D eigenvalue weighted by atomic mass is 32.2. The molecule has 1 rings (SSSR count). The summed E-state index contributed by atoms with van der Waals surface area (Å²) in [6.45, 7) is 11.1. The van der Waals surface area contributed by atoms with Crippen LogP contribution in [0.5, 0.6) is 0 Å². The zero-order valence-electron chi connectivity index (χ0n) is 22.5. The minimum Gasteiger partial charge on any atom is -0.326 e. The second-order valence-corrected chi connectivity index (χ2v) is 11.5. The van der Waals surface area contributed by atoms with Crippen LogP contribution in [0, 0.1) is 0 Å². The molecule has 0 saturated carbocycles. The molecule has 0 unspecified atom stereocenters. The van der Waals surface area contributed by atoms with E-state index in [4.69, 9.17) is 0 Å². The number of carbonyl (C=O) groups is 1. The molecule has 0 spiro atoms. The number of carbonyl (C=O) groups excluding carboxylic acids is 1. The van der Waals surface area contributed by atoms with Crippen molar-refractivity contribution in [2.24, 2.45) is 0 Å². The van der Waals surface area contributed by atoms with Crippen LogP contribution in [0.1, 0.15) is 147 Å². The molecular weight excluding hydrogens is 422 g/mol. The molecule has 0 heterocycles. The molecule has 0 saturated heterocycles. The largest absolute Gasteiger partial charge is 0.326 e. The lowest BCUT2D eigenvalue weighted by Crippen LogP contribution is -2.15. The van der Waals surface area contributed by atoms with Gasteiger partial charge in [0.15, 0.2) is 0 Å². The van der Waals surface area contributed by atoms with E-state index in [-0.39, 0.29) is 5.91 Å². The minimum atomic E-state index is 0.163. The fourth-order valence-electron chi connectivity index (χ4n) is 4.38. The predicted molar refractivity (Wildman–Crippen MR) is 151 cm³/mol. The topological polar surface area (TPSA) is 29.1 Å². The Morgan fingerprint density at radius 3 is 1.67 bits per heavy atom. The Morgan fingerprint density at radius 2 is 1.18 bits per heavy atom. The van der Waals surface area contributed by atoms with E-state index in [1.807, 2.05) is 11.8 Å². The summed E-state index contributed by atoms with van der Waals surface area (Å²) in [6.07, 6.45) is 18.5. The third-order valence-electron chi connectivity index (χ3n) is 6.47. The van der Waals surface area contributed by atoms with Crippen molar-refractivity contribution in [2.75, 3.05) is 16.8 Å². The van der Waals surface area contributed by atoms with Gasteiger partial charge in [-0.05, 0) is 47.3 Å². The standard InChI is InChI=1S/C30H53NOS/c1-6-7-8-9-10-11-12-13-14-15-16-17-23-33-24-19-22-29(32)31-30-27(25(2)3)20-18-21-28(30)26(4)5/h18,20-21,25-26H,6-17,19,22-24H2,1-5H3,(H,31,32). The number of thioether (sulfide) groups is 1. The number of nitrogens with one attached hydrogen (secondary N) is 1. The van der Waals surface area contributed by atoms with Gasteiger partial charge in [0.05, 0.1) is 0 Å². The molecule has 0 aliphatic rings. The monoisotopic (exact) mass is 475 g/mol. The molecule has 0 aliphatic carbocycles. The van der Waals surface area contributed by atoms with Gasteiger partial charge in [0.2, 0.25) is 5.91 Å². The molecule has 0 aromatic heterocycles. The molecule has 1 aromatic carbocycles. The van der Waals surface area contributed by atoms with Crippen molar-refractivity contribution < 1.29 is 4.79 Å². The lowest BCUT2D eigenvalue weighted by molar-refractivity contribution is -0.116. The molecule has 0 atom stereocenters. The molecule has 0 fully saturated rings. The van der Waals surface area contributed by atoms with E-state index in [9.17, 15) is 4.79 Å². The third-order valence-corrected chi connectivity index (χ3v) is 7.63. The summed E-state index contributed by atoms with van der Waals surface area (Å²) in [4.78, 5) is 12.6. The normalized spacial score (nSPS) is 11.5. The van der Waals surface area contributed by atoms with Crippen LogP contribution in [0.15, 0.2) is 18.2 Å². The molecular formula is C30H53NOS. The van der Waals surface area contributed by atoms with Crippen LogP contribution in [-0.4, -0.2) is 17.4 Å². The zero-order valence-corrected chi connectivity index (χ0v) is 23.3. The molecule has 1 aromatic rings. The van der Waals surface area contributed by atoms with Crippen molar-refractivity contribution in [3.63, 3.8) is 0 Å². The average Bonchev–Trinajstić information content (AvgIpc) is 2.78. The van der Waals surface area contributed by atoms with Crippen molar-refractivity contribution in [1.82, 2.24) is 0 Å². The van der Waals surface area contributed by atoms with Crippen molar-refractivity contribution in [1.29, 1.82) is 0 Å². The van der Waals surface area contributed by atoms with Gasteiger partial charge in [-0.15, -0.1) is 0 Å². The molecule has 0 bridgehead atoms. The number of amides is 1. The smallest absolute Gasteiger partial charge is 0.224 e. The molecule has 190 valence electrons. The third kappa shape index (κ3) is 14.1. The van der Waals surface area contributed by atoms with Gasteiger partial charge in [0, 0.05) is 12.1 Å². The van der Waals surface area contributed by atoms with E-state index in [1.165, 1.54) is 93.9 Å². The predicted octanol–water partition coefficient (Wildman–Crippen LogP) is 10.1. The Morgan fingerprint density at radius 1 is 0.727 bits per heavy atom. The summed E-state index contributed by atoms with van der Waals surface area (Å²) in [5, 5.41) is 3.25. The highest BCUT2D eigenvalue weighted by Gasteiger charge is 2.15. The van der Waals surface area contributed by atoms with E-state index in [2.05, 4.69) is 58.1 Å². The summed E-state index contributed by atoms with van der Waals surface area (Å²) in [5.41, 5.74) is 3.54. The van der Waals surface area contributed by atoms with E-state index in [0.717, 1.165) is 17.9 Å². The summed E-state index contributed by atoms with van der Waals surface area (Å²) < 4.78 is 0. The number of hydrogen-bond acceptors (Lipinski definition) is 2. The van der Waals surface area contributed by atoms with Gasteiger partial charge in [-0.3, -0.25) is 4.79 Å². The summed E-state index contributed by atoms with van der Waals surface area (Å²) in [7, 11) is 0. The SMILES string of the molecule is CCCCCCCCCCCCCCSCCCC(=O)Nc1c(C(C)C)cccc1C(C)C. The number of para-hydroxylation sites is 1. The lowest BCUT2D eigenvalue weighted by Gasteiger charge is -2.20. The maximum absolute atomic E-state index is 12.6. The molecule has 1 N–H and O–H groups in total. The van der Waals surface area contributed by atoms with Gasteiger partial charge < -0.3 is 5.32 Å². The Hall–Kier alpha value is -0.960. The Labute approximate surface area is 210 Å². The van der Waals surface area contributed by atoms with Crippen LogP contribution in [-0.2, 0) is 4.79 Å². The van der Waals surface area contributed by atoms with Crippen LogP contribution in [0.4, 0.5) is 5.69 Å².